The summed E-state index contributed by atoms with van der Waals surface area (Å²) < 4.78 is 0. The fourth-order valence-electron chi connectivity index (χ4n) is 3.33. The number of nitrogens with zero attached hydrogens (tertiary/aromatic N) is 1. The minimum atomic E-state index is -0.190. The molecule has 0 unspecified atom stereocenters. The molecule has 0 atom stereocenters. The summed E-state index contributed by atoms with van der Waals surface area (Å²) in [4.78, 5) is 30.0. The van der Waals surface area contributed by atoms with E-state index >= 15 is 0 Å². The van der Waals surface area contributed by atoms with Gasteiger partial charge in [-0.15, -0.1) is 0 Å². The Morgan fingerprint density at radius 1 is 1.11 bits per heavy atom. The number of hydrogen-bond acceptors (Lipinski definition) is 3. The number of rotatable bonds is 6. The second-order valence-corrected chi connectivity index (χ2v) is 6.84. The molecule has 1 amide bonds. The summed E-state index contributed by atoms with van der Waals surface area (Å²) in [6.45, 7) is 4.56. The monoisotopic (exact) mass is 364 g/mol. The maximum Gasteiger partial charge on any atom is 0.254 e. The van der Waals surface area contributed by atoms with E-state index in [1.807, 2.05) is 50.2 Å². The predicted molar refractivity (Wildman–Crippen MR) is 107 cm³/mol. The molecule has 1 aromatic heterocycles. The summed E-state index contributed by atoms with van der Waals surface area (Å²) in [6.07, 6.45) is 0.461. The van der Waals surface area contributed by atoms with E-state index in [1.165, 1.54) is 0 Å². The Morgan fingerprint density at radius 2 is 1.85 bits per heavy atom. The van der Waals surface area contributed by atoms with E-state index in [9.17, 15) is 14.7 Å². The lowest BCUT2D eigenvalue weighted by Crippen LogP contribution is -2.34. The Hall–Kier alpha value is -2.92. The van der Waals surface area contributed by atoms with Crippen molar-refractivity contribution < 1.29 is 9.90 Å². The molecule has 1 heterocycles. The van der Waals surface area contributed by atoms with Crippen LogP contribution in [-0.4, -0.2) is 34.0 Å². The molecule has 0 aliphatic rings. The lowest BCUT2D eigenvalue weighted by molar-refractivity contribution is 0.0731. The molecule has 0 saturated carbocycles. The number of aromatic amines is 1. The first-order valence-corrected chi connectivity index (χ1v) is 9.08. The van der Waals surface area contributed by atoms with Crippen molar-refractivity contribution in [1.82, 2.24) is 9.88 Å². The van der Waals surface area contributed by atoms with Crippen LogP contribution in [0.4, 0.5) is 0 Å². The van der Waals surface area contributed by atoms with E-state index in [0.717, 1.165) is 22.0 Å². The summed E-state index contributed by atoms with van der Waals surface area (Å²) in [5.74, 6) is -0.149. The van der Waals surface area contributed by atoms with Gasteiger partial charge in [-0.1, -0.05) is 29.8 Å². The molecule has 3 aromatic rings. The highest BCUT2D eigenvalue weighted by atomic mass is 16.3. The van der Waals surface area contributed by atoms with Crippen molar-refractivity contribution in [3.8, 4) is 0 Å². The zero-order chi connectivity index (χ0) is 19.4. The van der Waals surface area contributed by atoms with E-state index in [0.29, 0.717) is 24.1 Å². The Labute approximate surface area is 158 Å². The number of aliphatic hydroxyl groups is 1. The summed E-state index contributed by atoms with van der Waals surface area (Å²) in [7, 11) is 0. The molecular weight excluding hydrogens is 340 g/mol. The average Bonchev–Trinajstić information content (AvgIpc) is 2.66. The molecule has 3 rings (SSSR count). The van der Waals surface area contributed by atoms with Gasteiger partial charge >= 0.3 is 0 Å². The normalized spacial score (nSPS) is 10.9. The van der Waals surface area contributed by atoms with Gasteiger partial charge in [0.05, 0.1) is 12.1 Å². The number of carbonyl (C=O) groups excluding carboxylic acids is 1. The van der Waals surface area contributed by atoms with Crippen LogP contribution in [-0.2, 0) is 6.54 Å². The molecule has 0 bridgehead atoms. The third kappa shape index (κ3) is 4.26. The molecular formula is C22H24N2O3. The minimum absolute atomic E-state index is 0.00889. The molecule has 2 aromatic carbocycles. The number of benzene rings is 2. The van der Waals surface area contributed by atoms with Crippen molar-refractivity contribution in [1.29, 1.82) is 0 Å². The first-order valence-electron chi connectivity index (χ1n) is 9.08. The number of amides is 1. The van der Waals surface area contributed by atoms with Gasteiger partial charge in [-0.05, 0) is 55.5 Å². The van der Waals surface area contributed by atoms with Crippen molar-refractivity contribution in [2.45, 2.75) is 26.8 Å². The van der Waals surface area contributed by atoms with Gasteiger partial charge in [0.15, 0.2) is 0 Å². The SMILES string of the molecule is Cc1cc(C)c2[nH]c(=O)c(CN(CCCO)C(=O)c3ccccc3)cc2c1. The molecule has 0 aliphatic carbocycles. The van der Waals surface area contributed by atoms with E-state index in [4.69, 9.17) is 0 Å². The van der Waals surface area contributed by atoms with Crippen LogP contribution in [0.25, 0.3) is 10.9 Å². The third-order valence-electron chi connectivity index (χ3n) is 4.63. The van der Waals surface area contributed by atoms with Gasteiger partial charge in [-0.2, -0.15) is 0 Å². The number of hydrogen-bond donors (Lipinski definition) is 2. The topological polar surface area (TPSA) is 73.4 Å². The first kappa shape index (κ1) is 18.9. The standard InChI is InChI=1S/C22H24N2O3/c1-15-11-16(2)20-18(12-15)13-19(21(26)23-20)14-24(9-6-10-25)22(27)17-7-4-3-5-8-17/h3-5,7-8,11-13,25H,6,9-10,14H2,1-2H3,(H,23,26). The second-order valence-electron chi connectivity index (χ2n) is 6.84. The maximum atomic E-state index is 12.9. The van der Waals surface area contributed by atoms with Crippen LogP contribution in [0.3, 0.4) is 0 Å². The summed E-state index contributed by atoms with van der Waals surface area (Å²) in [5, 5.41) is 10.1. The Bertz CT molecular complexity index is 1010. The van der Waals surface area contributed by atoms with Gasteiger partial charge in [-0.25, -0.2) is 0 Å². The molecule has 0 saturated heterocycles. The van der Waals surface area contributed by atoms with E-state index in [1.54, 1.807) is 17.0 Å². The Kier molecular flexibility index (Phi) is 5.72. The quantitative estimate of drug-likeness (QED) is 0.706. The molecule has 0 aliphatic heterocycles. The zero-order valence-electron chi connectivity index (χ0n) is 15.7. The lowest BCUT2D eigenvalue weighted by atomic mass is 10.0. The largest absolute Gasteiger partial charge is 0.396 e. The van der Waals surface area contributed by atoms with Gasteiger partial charge in [0.25, 0.3) is 11.5 Å². The maximum absolute atomic E-state index is 12.9. The number of aryl methyl sites for hydroxylation is 2. The molecule has 5 heteroatoms. The number of H-pyrrole nitrogens is 1. The van der Waals surface area contributed by atoms with Crippen molar-refractivity contribution >= 4 is 16.8 Å². The van der Waals surface area contributed by atoms with Gasteiger partial charge in [-0.3, -0.25) is 9.59 Å². The van der Waals surface area contributed by atoms with Crippen LogP contribution in [0, 0.1) is 13.8 Å². The third-order valence-corrected chi connectivity index (χ3v) is 4.63. The average molecular weight is 364 g/mol. The highest BCUT2D eigenvalue weighted by Crippen LogP contribution is 2.19. The predicted octanol–water partition coefficient (Wildman–Crippen LogP) is 3.17. The molecule has 5 nitrogen and oxygen atoms in total. The van der Waals surface area contributed by atoms with Crippen molar-refractivity contribution in [2.75, 3.05) is 13.2 Å². The van der Waals surface area contributed by atoms with Gasteiger partial charge < -0.3 is 15.0 Å². The number of pyridine rings is 1. The number of fused-ring (bicyclic) bond motifs is 1. The molecule has 0 radical (unpaired) electrons. The van der Waals surface area contributed by atoms with E-state index in [-0.39, 0.29) is 24.6 Å². The summed E-state index contributed by atoms with van der Waals surface area (Å²) in [5.41, 5.74) is 3.88. The van der Waals surface area contributed by atoms with Gasteiger partial charge in [0, 0.05) is 24.3 Å². The molecule has 0 spiro atoms. The lowest BCUT2D eigenvalue weighted by Gasteiger charge is -2.22. The van der Waals surface area contributed by atoms with Gasteiger partial charge in [0.1, 0.15) is 0 Å². The van der Waals surface area contributed by atoms with Crippen LogP contribution in [0.15, 0.2) is 53.3 Å². The minimum Gasteiger partial charge on any atom is -0.396 e. The van der Waals surface area contributed by atoms with E-state index < -0.39 is 0 Å². The number of carbonyl (C=O) groups is 1. The van der Waals surface area contributed by atoms with Crippen LogP contribution < -0.4 is 5.56 Å². The van der Waals surface area contributed by atoms with Crippen LogP contribution in [0.5, 0.6) is 0 Å². The fraction of sp³-hybridized carbons (Fsp3) is 0.273. The number of aliphatic hydroxyl groups excluding tert-OH is 1. The molecule has 27 heavy (non-hydrogen) atoms. The first-order chi connectivity index (χ1) is 13.0. The van der Waals surface area contributed by atoms with Crippen LogP contribution in [0.2, 0.25) is 0 Å². The van der Waals surface area contributed by atoms with Crippen molar-refractivity contribution in [3.05, 3.63) is 81.1 Å². The summed E-state index contributed by atoms with van der Waals surface area (Å²) >= 11 is 0. The highest BCUT2D eigenvalue weighted by molar-refractivity contribution is 5.94. The van der Waals surface area contributed by atoms with Crippen LogP contribution in [0.1, 0.15) is 33.5 Å². The Balaban J connectivity index is 1.97. The number of nitrogens with one attached hydrogen (secondary N) is 1. The smallest absolute Gasteiger partial charge is 0.254 e. The molecule has 0 fully saturated rings. The van der Waals surface area contributed by atoms with E-state index in [2.05, 4.69) is 4.98 Å². The second kappa shape index (κ2) is 8.18. The molecule has 140 valence electrons. The van der Waals surface area contributed by atoms with Gasteiger partial charge in [0.2, 0.25) is 0 Å². The number of aromatic nitrogens is 1. The molecule has 2 N–H and O–H groups in total. The summed E-state index contributed by atoms with van der Waals surface area (Å²) in [6, 6.07) is 14.9. The highest BCUT2D eigenvalue weighted by Gasteiger charge is 2.17. The zero-order valence-corrected chi connectivity index (χ0v) is 15.7. The van der Waals surface area contributed by atoms with Crippen molar-refractivity contribution in [2.24, 2.45) is 0 Å². The van der Waals surface area contributed by atoms with Crippen LogP contribution >= 0.6 is 0 Å². The fourth-order valence-corrected chi connectivity index (χ4v) is 3.33. The van der Waals surface area contributed by atoms with Crippen molar-refractivity contribution in [3.63, 3.8) is 0 Å². The Morgan fingerprint density at radius 3 is 2.56 bits per heavy atom.